The van der Waals surface area contributed by atoms with Gasteiger partial charge < -0.3 is 50.9 Å². The van der Waals surface area contributed by atoms with E-state index in [2.05, 4.69) is 86.1 Å². The van der Waals surface area contributed by atoms with Crippen molar-refractivity contribution in [2.24, 2.45) is 0 Å². The largest absolute Gasteiger partial charge is 3.00 e. The molecule has 0 nitrogen and oxygen atoms in total. The van der Waals surface area contributed by atoms with E-state index in [-0.39, 0.29) is 85.1 Å². The van der Waals surface area contributed by atoms with Crippen molar-refractivity contribution in [3.63, 3.8) is 0 Å². The van der Waals surface area contributed by atoms with E-state index in [4.69, 9.17) is 0 Å². The van der Waals surface area contributed by atoms with E-state index in [9.17, 15) is 0 Å². The Morgan fingerprint density at radius 1 is 0.846 bits per heavy atom. The van der Waals surface area contributed by atoms with Crippen LogP contribution in [-0.2, 0) is 26.2 Å². The molecule has 0 aliphatic heterocycles. The predicted molar refractivity (Wildman–Crippen MR) is 99.5 cm³/mol. The third-order valence-electron chi connectivity index (χ3n) is 3.30. The van der Waals surface area contributed by atoms with Crippen LogP contribution in [0.5, 0.6) is 0 Å². The van der Waals surface area contributed by atoms with Gasteiger partial charge >= 0.3 is 26.2 Å². The molecule has 1 aliphatic rings. The summed E-state index contributed by atoms with van der Waals surface area (Å²) in [6.45, 7) is 4.67. The predicted octanol–water partition coefficient (Wildman–Crippen LogP) is -3.29. The van der Waals surface area contributed by atoms with Gasteiger partial charge in [0.2, 0.25) is 0 Å². The van der Waals surface area contributed by atoms with Crippen LogP contribution in [0.1, 0.15) is 17.5 Å². The van der Waals surface area contributed by atoms with E-state index in [0.29, 0.717) is 0 Å². The minimum atomic E-state index is 0. The fourth-order valence-electron chi connectivity index (χ4n) is 2.28. The Kier molecular flexibility index (Phi) is 22.7. The normalized spacial score (nSPS) is 10.3. The minimum absolute atomic E-state index is 0. The van der Waals surface area contributed by atoms with Crippen LogP contribution in [0.25, 0.3) is 0 Å². The summed E-state index contributed by atoms with van der Waals surface area (Å²) in [5, 5.41) is 0. The molecule has 0 N–H and O–H groups in total. The Morgan fingerprint density at radius 3 is 1.58 bits per heavy atom. The molecular formula is C21H23Br3PZr-2. The van der Waals surface area contributed by atoms with Crippen LogP contribution in [0.15, 0.2) is 78.9 Å². The topological polar surface area (TPSA) is 0 Å². The van der Waals surface area contributed by atoms with Gasteiger partial charge in [0.15, 0.2) is 0 Å². The number of benzene rings is 2. The monoisotopic (exact) mass is 633 g/mol. The van der Waals surface area contributed by atoms with Gasteiger partial charge in [0, 0.05) is 0 Å². The molecule has 5 heteroatoms. The summed E-state index contributed by atoms with van der Waals surface area (Å²) in [6, 6.07) is 21.5. The molecule has 2 aromatic carbocycles. The fourth-order valence-corrected chi connectivity index (χ4v) is 3.28. The van der Waals surface area contributed by atoms with E-state index >= 15 is 0 Å². The van der Waals surface area contributed by atoms with E-state index in [1.807, 2.05) is 12.2 Å². The smallest absolute Gasteiger partial charge is 1.00 e. The first-order chi connectivity index (χ1) is 10.8. The first kappa shape index (κ1) is 31.2. The second kappa shape index (κ2) is 18.9. The molecule has 2 aromatic rings. The number of hydrogen-bond acceptors (Lipinski definition) is 0. The molecule has 0 atom stereocenters. The van der Waals surface area contributed by atoms with Crippen molar-refractivity contribution < 1.29 is 77.1 Å². The Balaban J connectivity index is -0.000000515. The van der Waals surface area contributed by atoms with E-state index in [1.165, 1.54) is 23.2 Å². The first-order valence-corrected chi connectivity index (χ1v) is 10.0. The number of hydrogen-bond donors (Lipinski definition) is 0. The Labute approximate surface area is 211 Å². The van der Waals surface area contributed by atoms with Crippen LogP contribution < -0.4 is 50.9 Å². The standard InChI is InChI=1S/C16H18P.C5H5.3BrH.Zr/c1-17(2)13-16(14-9-5-3-6-10-14)15-11-7-4-8-12-15;1-2-4-5-3-1;;;;/h3-12H,13H2,1-2H3;1-3H,4H2;3*1H;/q2*-1;;;;+3/p-3. The van der Waals surface area contributed by atoms with Gasteiger partial charge in [-0.1, -0.05) is 36.4 Å². The van der Waals surface area contributed by atoms with E-state index in [0.717, 1.165) is 6.42 Å². The molecule has 0 aromatic heterocycles. The van der Waals surface area contributed by atoms with Crippen LogP contribution >= 0.6 is 7.92 Å². The maximum absolute atomic E-state index is 2.99. The average molecular weight is 637 g/mol. The third kappa shape index (κ3) is 12.1. The fraction of sp³-hybridized carbons (Fsp3) is 0.190. The van der Waals surface area contributed by atoms with E-state index < -0.39 is 0 Å². The number of halogens is 3. The molecule has 0 unspecified atom stereocenters. The van der Waals surface area contributed by atoms with Crippen molar-refractivity contribution in [2.75, 3.05) is 19.5 Å². The van der Waals surface area contributed by atoms with Crippen molar-refractivity contribution in [2.45, 2.75) is 6.42 Å². The summed E-state index contributed by atoms with van der Waals surface area (Å²) in [4.78, 5) is 0. The van der Waals surface area contributed by atoms with Crippen LogP contribution in [0.2, 0.25) is 0 Å². The first-order valence-electron chi connectivity index (χ1n) is 7.60. The van der Waals surface area contributed by atoms with Crippen molar-refractivity contribution in [3.05, 3.63) is 102 Å². The zero-order valence-electron chi connectivity index (χ0n) is 15.0. The van der Waals surface area contributed by atoms with Gasteiger partial charge in [-0.15, -0.1) is 55.7 Å². The molecule has 0 saturated carbocycles. The molecule has 0 amide bonds. The van der Waals surface area contributed by atoms with Gasteiger partial charge in [0.05, 0.1) is 0 Å². The second-order valence-electron chi connectivity index (χ2n) is 5.45. The molecule has 0 saturated heterocycles. The van der Waals surface area contributed by atoms with Gasteiger partial charge in [-0.05, 0) is 19.5 Å². The van der Waals surface area contributed by atoms with Crippen LogP contribution in [0.4, 0.5) is 0 Å². The van der Waals surface area contributed by atoms with Crippen molar-refractivity contribution in [1.82, 2.24) is 0 Å². The Hall–Kier alpha value is 0.543. The molecule has 0 spiro atoms. The molecule has 1 aliphatic carbocycles. The number of rotatable bonds is 4. The van der Waals surface area contributed by atoms with Crippen molar-refractivity contribution >= 4 is 7.92 Å². The van der Waals surface area contributed by atoms with Crippen molar-refractivity contribution in [1.29, 1.82) is 0 Å². The number of allylic oxidation sites excluding steroid dienone is 4. The molecule has 26 heavy (non-hydrogen) atoms. The molecule has 0 fully saturated rings. The summed E-state index contributed by atoms with van der Waals surface area (Å²) < 4.78 is 0. The SMILES string of the molecule is CP(C)C[C-](c1ccccc1)c1ccccc1.[Br-].[Br-].[Br-].[C-]1=CC=CC1.[Zr+3]. The quantitative estimate of drug-likeness (QED) is 0.244. The summed E-state index contributed by atoms with van der Waals surface area (Å²) in [6.07, 6.45) is 11.2. The second-order valence-corrected chi connectivity index (χ2v) is 7.93. The molecule has 0 bridgehead atoms. The van der Waals surface area contributed by atoms with Crippen molar-refractivity contribution in [3.8, 4) is 0 Å². The summed E-state index contributed by atoms with van der Waals surface area (Å²) in [7, 11) is 0.0759. The maximum atomic E-state index is 2.99. The van der Waals surface area contributed by atoms with E-state index in [1.54, 1.807) is 0 Å². The molecule has 0 heterocycles. The van der Waals surface area contributed by atoms with Crippen LogP contribution in [-0.4, -0.2) is 19.5 Å². The zero-order valence-corrected chi connectivity index (χ0v) is 23.1. The van der Waals surface area contributed by atoms with Gasteiger partial charge in [-0.25, -0.2) is 12.2 Å². The average Bonchev–Trinajstić information content (AvgIpc) is 3.14. The van der Waals surface area contributed by atoms with Gasteiger partial charge in [-0.3, -0.25) is 6.08 Å². The molecular weight excluding hydrogens is 614 g/mol. The molecule has 1 radical (unpaired) electrons. The molecule has 139 valence electrons. The Bertz CT molecular complexity index is 552. The minimum Gasteiger partial charge on any atom is -1.00 e. The maximum Gasteiger partial charge on any atom is 3.00 e. The summed E-state index contributed by atoms with van der Waals surface area (Å²) in [5.74, 6) is 1.47. The van der Waals surface area contributed by atoms with Gasteiger partial charge in [-0.2, -0.15) is 6.08 Å². The Morgan fingerprint density at radius 2 is 1.31 bits per heavy atom. The van der Waals surface area contributed by atoms with Crippen LogP contribution in [0.3, 0.4) is 0 Å². The summed E-state index contributed by atoms with van der Waals surface area (Å²) in [5.41, 5.74) is 2.71. The van der Waals surface area contributed by atoms with Gasteiger partial charge in [0.1, 0.15) is 0 Å². The summed E-state index contributed by atoms with van der Waals surface area (Å²) >= 11 is 0. The van der Waals surface area contributed by atoms with Crippen LogP contribution in [0, 0.1) is 12.0 Å². The van der Waals surface area contributed by atoms with Gasteiger partial charge in [0.25, 0.3) is 0 Å². The molecule has 3 rings (SSSR count). The third-order valence-corrected chi connectivity index (χ3v) is 4.25. The zero-order chi connectivity index (χ0) is 15.6.